The van der Waals surface area contributed by atoms with Gasteiger partial charge in [-0.2, -0.15) is 0 Å². The Morgan fingerprint density at radius 1 is 1.47 bits per heavy atom. The highest BCUT2D eigenvalue weighted by Gasteiger charge is 2.09. The van der Waals surface area contributed by atoms with Crippen molar-refractivity contribution in [3.05, 3.63) is 34.6 Å². The Balaban J connectivity index is 2.71. The summed E-state index contributed by atoms with van der Waals surface area (Å²) < 4.78 is 12.9. The number of Topliss-reactive ketones (excluding diaryl/α,β-unsaturated/α-hetero) is 1. The molecule has 0 atom stereocenters. The van der Waals surface area contributed by atoms with Crippen molar-refractivity contribution in [3.8, 4) is 0 Å². The van der Waals surface area contributed by atoms with Crippen molar-refractivity contribution in [2.75, 3.05) is 0 Å². The maximum absolute atomic E-state index is 12.9. The molecule has 1 aromatic carbocycles. The van der Waals surface area contributed by atoms with Crippen LogP contribution in [0, 0.1) is 11.7 Å². The molecule has 0 aliphatic rings. The summed E-state index contributed by atoms with van der Waals surface area (Å²) >= 11 is 5.86. The number of carbonyl (C=O) groups is 1. The van der Waals surface area contributed by atoms with E-state index < -0.39 is 0 Å². The van der Waals surface area contributed by atoms with Crippen LogP contribution in [0.4, 0.5) is 4.39 Å². The fourth-order valence-electron chi connectivity index (χ4n) is 1.42. The Morgan fingerprint density at radius 3 is 2.73 bits per heavy atom. The van der Waals surface area contributed by atoms with E-state index in [1.807, 2.05) is 13.8 Å². The number of benzene rings is 1. The minimum absolute atomic E-state index is 0.0949. The number of hydrogen-bond acceptors (Lipinski definition) is 1. The van der Waals surface area contributed by atoms with Gasteiger partial charge in [0.25, 0.3) is 0 Å². The molecular formula is C12H14ClFO. The molecule has 0 bridgehead atoms. The van der Waals surface area contributed by atoms with Crippen LogP contribution in [-0.2, 0) is 11.2 Å². The lowest BCUT2D eigenvalue weighted by atomic mass is 10.0. The monoisotopic (exact) mass is 228 g/mol. The van der Waals surface area contributed by atoms with Gasteiger partial charge in [0, 0.05) is 17.9 Å². The van der Waals surface area contributed by atoms with E-state index in [0.717, 1.165) is 0 Å². The van der Waals surface area contributed by atoms with Crippen LogP contribution in [0.15, 0.2) is 18.2 Å². The van der Waals surface area contributed by atoms with Gasteiger partial charge in [0.2, 0.25) is 0 Å². The van der Waals surface area contributed by atoms with Gasteiger partial charge in [-0.1, -0.05) is 25.4 Å². The third-order valence-electron chi connectivity index (χ3n) is 2.03. The molecule has 1 nitrogen and oxygen atoms in total. The summed E-state index contributed by atoms with van der Waals surface area (Å²) in [6, 6.07) is 4.09. The van der Waals surface area contributed by atoms with Crippen LogP contribution in [0.5, 0.6) is 0 Å². The second-order valence-electron chi connectivity index (χ2n) is 4.05. The minimum atomic E-state index is -0.355. The first-order valence-electron chi connectivity index (χ1n) is 4.94. The van der Waals surface area contributed by atoms with Gasteiger partial charge in [0.15, 0.2) is 0 Å². The highest BCUT2D eigenvalue weighted by atomic mass is 35.5. The summed E-state index contributed by atoms with van der Waals surface area (Å²) in [6.45, 7) is 3.95. The van der Waals surface area contributed by atoms with Gasteiger partial charge < -0.3 is 0 Å². The molecule has 0 heterocycles. The van der Waals surface area contributed by atoms with Gasteiger partial charge in [-0.15, -0.1) is 0 Å². The van der Waals surface area contributed by atoms with Crippen LogP contribution in [0.1, 0.15) is 25.8 Å². The van der Waals surface area contributed by atoms with E-state index in [0.29, 0.717) is 22.9 Å². The quantitative estimate of drug-likeness (QED) is 0.769. The van der Waals surface area contributed by atoms with Gasteiger partial charge in [-0.3, -0.25) is 4.79 Å². The third-order valence-corrected chi connectivity index (χ3v) is 2.40. The molecule has 0 aliphatic heterocycles. The molecule has 0 saturated heterocycles. The summed E-state index contributed by atoms with van der Waals surface area (Å²) in [5.41, 5.74) is 0.572. The van der Waals surface area contributed by atoms with E-state index in [9.17, 15) is 9.18 Å². The average molecular weight is 229 g/mol. The molecule has 0 radical (unpaired) electrons. The van der Waals surface area contributed by atoms with Crippen molar-refractivity contribution in [1.29, 1.82) is 0 Å². The van der Waals surface area contributed by atoms with Crippen LogP contribution in [-0.4, -0.2) is 5.78 Å². The van der Waals surface area contributed by atoms with Crippen molar-refractivity contribution in [2.45, 2.75) is 26.7 Å². The van der Waals surface area contributed by atoms with Crippen LogP contribution in [0.2, 0.25) is 5.02 Å². The van der Waals surface area contributed by atoms with Gasteiger partial charge >= 0.3 is 0 Å². The minimum Gasteiger partial charge on any atom is -0.299 e. The molecule has 15 heavy (non-hydrogen) atoms. The molecule has 1 rings (SSSR count). The van der Waals surface area contributed by atoms with Crippen LogP contribution < -0.4 is 0 Å². The Labute approximate surface area is 94.3 Å². The van der Waals surface area contributed by atoms with E-state index in [-0.39, 0.29) is 18.0 Å². The van der Waals surface area contributed by atoms with Gasteiger partial charge in [-0.25, -0.2) is 4.39 Å². The highest BCUT2D eigenvalue weighted by Crippen LogP contribution is 2.18. The molecule has 0 aliphatic carbocycles. The maximum Gasteiger partial charge on any atom is 0.137 e. The fourth-order valence-corrected chi connectivity index (χ4v) is 1.60. The number of hydrogen-bond donors (Lipinski definition) is 0. The first-order chi connectivity index (χ1) is 6.99. The van der Waals surface area contributed by atoms with Crippen LogP contribution in [0.25, 0.3) is 0 Å². The zero-order chi connectivity index (χ0) is 11.4. The molecule has 0 unspecified atom stereocenters. The van der Waals surface area contributed by atoms with Crippen LogP contribution in [0.3, 0.4) is 0 Å². The molecular weight excluding hydrogens is 215 g/mol. The Bertz CT molecular complexity index is 361. The summed E-state index contributed by atoms with van der Waals surface area (Å²) in [5.74, 6) is 0.0640. The van der Waals surface area contributed by atoms with E-state index in [1.54, 1.807) is 0 Å². The van der Waals surface area contributed by atoms with Crippen LogP contribution >= 0.6 is 11.6 Å². The molecule has 0 aromatic heterocycles. The molecule has 0 N–H and O–H groups in total. The summed E-state index contributed by atoms with van der Waals surface area (Å²) in [5, 5.41) is 0.452. The van der Waals surface area contributed by atoms with E-state index >= 15 is 0 Å². The zero-order valence-corrected chi connectivity index (χ0v) is 9.64. The van der Waals surface area contributed by atoms with Crippen molar-refractivity contribution in [3.63, 3.8) is 0 Å². The zero-order valence-electron chi connectivity index (χ0n) is 8.89. The lowest BCUT2D eigenvalue weighted by Crippen LogP contribution is -2.06. The molecule has 82 valence electrons. The predicted octanol–water partition coefficient (Wildman–Crippen LogP) is 3.64. The summed E-state index contributed by atoms with van der Waals surface area (Å²) in [7, 11) is 0. The summed E-state index contributed by atoms with van der Waals surface area (Å²) in [6.07, 6.45) is 0.724. The summed E-state index contributed by atoms with van der Waals surface area (Å²) in [4.78, 5) is 11.5. The van der Waals surface area contributed by atoms with Gasteiger partial charge in [-0.05, 0) is 29.7 Å². The van der Waals surface area contributed by atoms with E-state index in [2.05, 4.69) is 0 Å². The first-order valence-corrected chi connectivity index (χ1v) is 5.32. The van der Waals surface area contributed by atoms with Gasteiger partial charge in [0.05, 0.1) is 0 Å². The number of rotatable bonds is 4. The standard InChI is InChI=1S/C12H14ClFO/c1-8(2)5-11(15)7-9-6-10(14)3-4-12(9)13/h3-4,6,8H,5,7H2,1-2H3. The Morgan fingerprint density at radius 2 is 2.13 bits per heavy atom. The molecule has 3 heteroatoms. The third kappa shape index (κ3) is 4.00. The number of carbonyl (C=O) groups excluding carboxylic acids is 1. The maximum atomic E-state index is 12.9. The lowest BCUT2D eigenvalue weighted by molar-refractivity contribution is -0.119. The Hall–Kier alpha value is -0.890. The highest BCUT2D eigenvalue weighted by molar-refractivity contribution is 6.31. The van der Waals surface area contributed by atoms with Crippen molar-refractivity contribution < 1.29 is 9.18 Å². The van der Waals surface area contributed by atoms with E-state index in [1.165, 1.54) is 18.2 Å². The molecule has 0 saturated carbocycles. The topological polar surface area (TPSA) is 17.1 Å². The Kier molecular flexibility index (Phi) is 4.28. The molecule has 0 amide bonds. The van der Waals surface area contributed by atoms with Crippen molar-refractivity contribution >= 4 is 17.4 Å². The van der Waals surface area contributed by atoms with E-state index in [4.69, 9.17) is 11.6 Å². The van der Waals surface area contributed by atoms with Gasteiger partial charge in [0.1, 0.15) is 11.6 Å². The predicted molar refractivity (Wildman–Crippen MR) is 59.6 cm³/mol. The SMILES string of the molecule is CC(C)CC(=O)Cc1cc(F)ccc1Cl. The van der Waals surface area contributed by atoms with Crippen molar-refractivity contribution in [2.24, 2.45) is 5.92 Å². The molecule has 0 fully saturated rings. The normalized spacial score (nSPS) is 10.7. The average Bonchev–Trinajstić information content (AvgIpc) is 2.10. The second-order valence-corrected chi connectivity index (χ2v) is 4.46. The number of ketones is 1. The molecule has 0 spiro atoms. The molecule has 1 aromatic rings. The fraction of sp³-hybridized carbons (Fsp3) is 0.417. The second kappa shape index (κ2) is 5.26. The smallest absolute Gasteiger partial charge is 0.137 e. The largest absolute Gasteiger partial charge is 0.299 e. The van der Waals surface area contributed by atoms with Crippen molar-refractivity contribution in [1.82, 2.24) is 0 Å². The first kappa shape index (κ1) is 12.2. The number of halogens is 2. The lowest BCUT2D eigenvalue weighted by Gasteiger charge is -2.05.